The van der Waals surface area contributed by atoms with Gasteiger partial charge in [0.05, 0.1) is 23.7 Å². The minimum atomic E-state index is -3.94. The van der Waals surface area contributed by atoms with Gasteiger partial charge in [0.15, 0.2) is 0 Å². The average Bonchev–Trinajstić information content (AvgIpc) is 2.71. The first-order valence-corrected chi connectivity index (χ1v) is 11.5. The molecule has 9 heteroatoms. The number of nitrogens with zero attached hydrogens (tertiary/aromatic N) is 1. The van der Waals surface area contributed by atoms with Crippen LogP contribution in [-0.2, 0) is 20.2 Å². The SMILES string of the molecule is CC(C)(CNC(=O)c1cc(S(N)(=O)=O)ccc1N1CCOCC1)c1cccc(Cl)c1. The Morgan fingerprint density at radius 3 is 2.53 bits per heavy atom. The second-order valence-corrected chi connectivity index (χ2v) is 9.90. The first-order valence-electron chi connectivity index (χ1n) is 9.62. The van der Waals surface area contributed by atoms with Crippen LogP contribution in [0.15, 0.2) is 47.4 Å². The van der Waals surface area contributed by atoms with E-state index in [0.29, 0.717) is 43.6 Å². The summed E-state index contributed by atoms with van der Waals surface area (Å²) in [5, 5.41) is 8.85. The Balaban J connectivity index is 1.87. The van der Waals surface area contributed by atoms with Crippen molar-refractivity contribution in [2.75, 3.05) is 37.7 Å². The van der Waals surface area contributed by atoms with Crippen LogP contribution in [0, 0.1) is 0 Å². The standard InChI is InChI=1S/C21H26ClN3O4S/c1-21(2,15-4-3-5-16(22)12-15)14-24-20(26)18-13-17(30(23,27)28)6-7-19(18)25-8-10-29-11-9-25/h3-7,12-13H,8-11,14H2,1-2H3,(H,24,26)(H2,23,27,28). The Labute approximate surface area is 182 Å². The van der Waals surface area contributed by atoms with E-state index in [0.717, 1.165) is 5.56 Å². The van der Waals surface area contributed by atoms with E-state index < -0.39 is 10.0 Å². The molecular formula is C21H26ClN3O4S. The first kappa shape index (κ1) is 22.6. The number of carbonyl (C=O) groups excluding carboxylic acids is 1. The Morgan fingerprint density at radius 2 is 1.90 bits per heavy atom. The molecule has 2 aromatic rings. The van der Waals surface area contributed by atoms with E-state index >= 15 is 0 Å². The third-order valence-corrected chi connectivity index (χ3v) is 6.34. The smallest absolute Gasteiger partial charge is 0.253 e. The quantitative estimate of drug-likeness (QED) is 0.702. The number of benzene rings is 2. The van der Waals surface area contributed by atoms with E-state index in [1.165, 1.54) is 12.1 Å². The van der Waals surface area contributed by atoms with Gasteiger partial charge in [0, 0.05) is 35.8 Å². The third-order valence-electron chi connectivity index (χ3n) is 5.19. The van der Waals surface area contributed by atoms with Crippen LogP contribution in [0.4, 0.5) is 5.69 Å². The normalized spacial score (nSPS) is 15.1. The zero-order chi connectivity index (χ0) is 21.9. The lowest BCUT2D eigenvalue weighted by Gasteiger charge is -2.31. The molecule has 0 saturated carbocycles. The molecule has 1 saturated heterocycles. The summed E-state index contributed by atoms with van der Waals surface area (Å²) in [5.74, 6) is -0.364. The van der Waals surface area contributed by atoms with Crippen molar-refractivity contribution in [3.8, 4) is 0 Å². The van der Waals surface area contributed by atoms with Crippen molar-refractivity contribution in [1.29, 1.82) is 0 Å². The van der Waals surface area contributed by atoms with Crippen LogP contribution in [0.3, 0.4) is 0 Å². The zero-order valence-electron chi connectivity index (χ0n) is 17.0. The van der Waals surface area contributed by atoms with Crippen molar-refractivity contribution >= 4 is 33.2 Å². The molecule has 1 fully saturated rings. The number of morpholine rings is 1. The van der Waals surface area contributed by atoms with Crippen LogP contribution in [0.25, 0.3) is 0 Å². The van der Waals surface area contributed by atoms with Crippen LogP contribution < -0.4 is 15.4 Å². The number of nitrogens with one attached hydrogen (secondary N) is 1. The number of nitrogens with two attached hydrogens (primary N) is 1. The number of carbonyl (C=O) groups is 1. The van der Waals surface area contributed by atoms with Crippen LogP contribution in [0.5, 0.6) is 0 Å². The maximum atomic E-state index is 13.1. The summed E-state index contributed by atoms with van der Waals surface area (Å²) in [5.41, 5.74) is 1.54. The van der Waals surface area contributed by atoms with Gasteiger partial charge in [-0.25, -0.2) is 13.6 Å². The van der Waals surface area contributed by atoms with Gasteiger partial charge in [0.2, 0.25) is 10.0 Å². The summed E-state index contributed by atoms with van der Waals surface area (Å²) in [6.07, 6.45) is 0. The molecule has 0 spiro atoms. The second kappa shape index (κ2) is 8.93. The predicted octanol–water partition coefficient (Wildman–Crippen LogP) is 2.53. The number of rotatable bonds is 6. The molecule has 1 amide bonds. The number of ether oxygens (including phenoxy) is 1. The monoisotopic (exact) mass is 451 g/mol. The van der Waals surface area contributed by atoms with Gasteiger partial charge >= 0.3 is 0 Å². The average molecular weight is 452 g/mol. The Bertz CT molecular complexity index is 1030. The van der Waals surface area contributed by atoms with E-state index in [4.69, 9.17) is 21.5 Å². The van der Waals surface area contributed by atoms with Gasteiger partial charge in [-0.05, 0) is 35.9 Å². The van der Waals surface area contributed by atoms with Crippen LogP contribution in [-0.4, -0.2) is 47.2 Å². The highest BCUT2D eigenvalue weighted by Crippen LogP contribution is 2.27. The molecule has 0 aromatic heterocycles. The molecule has 3 N–H and O–H groups in total. The lowest BCUT2D eigenvalue weighted by atomic mass is 9.84. The fourth-order valence-corrected chi connectivity index (χ4v) is 4.09. The van der Waals surface area contributed by atoms with Gasteiger partial charge in [-0.2, -0.15) is 0 Å². The van der Waals surface area contributed by atoms with Gasteiger partial charge in [0.1, 0.15) is 0 Å². The first-order chi connectivity index (χ1) is 14.1. The van der Waals surface area contributed by atoms with Crippen molar-refractivity contribution in [2.45, 2.75) is 24.2 Å². The molecule has 0 unspecified atom stereocenters. The molecular weight excluding hydrogens is 426 g/mol. The maximum absolute atomic E-state index is 13.1. The Hall–Kier alpha value is -2.13. The number of amides is 1. The third kappa shape index (κ3) is 5.31. The summed E-state index contributed by atoms with van der Waals surface area (Å²) < 4.78 is 29.0. The number of hydrogen-bond acceptors (Lipinski definition) is 5. The van der Waals surface area contributed by atoms with Crippen molar-refractivity contribution in [1.82, 2.24) is 5.32 Å². The maximum Gasteiger partial charge on any atom is 0.253 e. The molecule has 3 rings (SSSR count). The molecule has 1 heterocycles. The molecule has 0 aliphatic carbocycles. The topological polar surface area (TPSA) is 102 Å². The summed E-state index contributed by atoms with van der Waals surface area (Å²) in [4.78, 5) is 15.0. The van der Waals surface area contributed by atoms with E-state index in [-0.39, 0.29) is 21.8 Å². The van der Waals surface area contributed by atoms with Gasteiger partial charge in [0.25, 0.3) is 5.91 Å². The lowest BCUT2D eigenvalue weighted by Crippen LogP contribution is -2.40. The predicted molar refractivity (Wildman–Crippen MR) is 118 cm³/mol. The minimum absolute atomic E-state index is 0.0984. The zero-order valence-corrected chi connectivity index (χ0v) is 18.6. The number of primary sulfonamides is 1. The summed E-state index contributed by atoms with van der Waals surface area (Å²) in [7, 11) is -3.94. The molecule has 30 heavy (non-hydrogen) atoms. The highest BCUT2D eigenvalue weighted by molar-refractivity contribution is 7.89. The highest BCUT2D eigenvalue weighted by Gasteiger charge is 2.25. The van der Waals surface area contributed by atoms with Crippen molar-refractivity contribution in [3.63, 3.8) is 0 Å². The van der Waals surface area contributed by atoms with Crippen molar-refractivity contribution in [3.05, 3.63) is 58.6 Å². The number of sulfonamides is 1. The molecule has 1 aliphatic rings. The summed E-state index contributed by atoms with van der Waals surface area (Å²) in [6.45, 7) is 6.66. The van der Waals surface area contributed by atoms with E-state index in [1.807, 2.05) is 36.9 Å². The molecule has 162 valence electrons. The Morgan fingerprint density at radius 1 is 1.20 bits per heavy atom. The number of halogens is 1. The fourth-order valence-electron chi connectivity index (χ4n) is 3.36. The lowest BCUT2D eigenvalue weighted by molar-refractivity contribution is 0.0944. The van der Waals surface area contributed by atoms with Crippen LogP contribution >= 0.6 is 11.6 Å². The highest BCUT2D eigenvalue weighted by atomic mass is 35.5. The molecule has 0 atom stereocenters. The van der Waals surface area contributed by atoms with Crippen molar-refractivity contribution < 1.29 is 17.9 Å². The van der Waals surface area contributed by atoms with Gasteiger partial charge in [-0.3, -0.25) is 4.79 Å². The molecule has 7 nitrogen and oxygen atoms in total. The van der Waals surface area contributed by atoms with E-state index in [2.05, 4.69) is 5.32 Å². The van der Waals surface area contributed by atoms with Gasteiger partial charge in [-0.1, -0.05) is 37.6 Å². The summed E-state index contributed by atoms with van der Waals surface area (Å²) >= 11 is 6.10. The molecule has 1 aliphatic heterocycles. The molecule has 0 bridgehead atoms. The Kier molecular flexibility index (Phi) is 6.71. The van der Waals surface area contributed by atoms with Crippen molar-refractivity contribution in [2.24, 2.45) is 5.14 Å². The largest absolute Gasteiger partial charge is 0.378 e. The molecule has 0 radical (unpaired) electrons. The summed E-state index contributed by atoms with van der Waals surface area (Å²) in [6, 6.07) is 11.9. The number of hydrogen-bond donors (Lipinski definition) is 2. The van der Waals surface area contributed by atoms with Gasteiger partial charge < -0.3 is 15.0 Å². The molecule has 2 aromatic carbocycles. The minimum Gasteiger partial charge on any atom is -0.378 e. The van der Waals surface area contributed by atoms with Crippen LogP contribution in [0.1, 0.15) is 29.8 Å². The van der Waals surface area contributed by atoms with E-state index in [9.17, 15) is 13.2 Å². The number of anilines is 1. The van der Waals surface area contributed by atoms with Crippen LogP contribution in [0.2, 0.25) is 5.02 Å². The second-order valence-electron chi connectivity index (χ2n) is 7.90. The fraction of sp³-hybridized carbons (Fsp3) is 0.381. The van der Waals surface area contributed by atoms with Gasteiger partial charge in [-0.15, -0.1) is 0 Å². The van der Waals surface area contributed by atoms with E-state index in [1.54, 1.807) is 12.1 Å².